The maximum Gasteiger partial charge on any atom is 0.0406 e. The second-order valence-corrected chi connectivity index (χ2v) is 14.4. The van der Waals surface area contributed by atoms with Crippen LogP contribution in [0.3, 0.4) is 0 Å². The molecule has 0 aromatic carbocycles. The Balaban J connectivity index is 0.0000194. The SMILES string of the molecule is CCCCCCCCCCCCCCCCCCCc1cccc(CCCCCCCCCCCCCCCCCCC)n1.Cl. The molecule has 1 nitrogen and oxygen atoms in total. The maximum absolute atomic E-state index is 4.99. The Labute approximate surface area is 291 Å². The van der Waals surface area contributed by atoms with E-state index in [1.807, 2.05) is 0 Å². The predicted molar refractivity (Wildman–Crippen MR) is 207 cm³/mol. The molecular weight excluding hydrogens is 566 g/mol. The van der Waals surface area contributed by atoms with Gasteiger partial charge in [0, 0.05) is 11.4 Å². The van der Waals surface area contributed by atoms with Crippen LogP contribution in [0.25, 0.3) is 0 Å². The Morgan fingerprint density at radius 1 is 0.311 bits per heavy atom. The number of aromatic nitrogens is 1. The standard InChI is InChI=1S/C43H81N.ClH/c1-3-5-7-9-11-13-15-17-19-21-23-25-27-29-31-33-35-38-42-40-37-41-43(44-42)39-36-34-32-30-28-26-24-22-20-18-16-14-12-10-8-6-4-2;/h37,40-41H,3-36,38-39H2,1-2H3;1H. The summed E-state index contributed by atoms with van der Waals surface area (Å²) in [4.78, 5) is 4.99. The van der Waals surface area contributed by atoms with Crippen molar-refractivity contribution >= 4 is 12.4 Å². The fourth-order valence-corrected chi connectivity index (χ4v) is 6.87. The van der Waals surface area contributed by atoms with Crippen LogP contribution in [0.5, 0.6) is 0 Å². The summed E-state index contributed by atoms with van der Waals surface area (Å²) in [6.45, 7) is 4.61. The number of halogens is 1. The van der Waals surface area contributed by atoms with Crippen LogP contribution < -0.4 is 0 Å². The number of rotatable bonds is 36. The predicted octanol–water partition coefficient (Wildman–Crippen LogP) is 15.9. The molecule has 0 saturated carbocycles. The molecule has 2 heteroatoms. The monoisotopic (exact) mass is 648 g/mol. The van der Waals surface area contributed by atoms with Crippen molar-refractivity contribution < 1.29 is 0 Å². The summed E-state index contributed by atoms with van der Waals surface area (Å²) >= 11 is 0. The molecule has 1 aromatic heterocycles. The van der Waals surface area contributed by atoms with E-state index in [-0.39, 0.29) is 12.4 Å². The Kier molecular flexibility index (Phi) is 37.4. The zero-order chi connectivity index (χ0) is 31.4. The highest BCUT2D eigenvalue weighted by molar-refractivity contribution is 5.85. The van der Waals surface area contributed by atoms with Gasteiger partial charge in [-0.1, -0.05) is 225 Å². The molecule has 0 aliphatic rings. The Morgan fingerprint density at radius 3 is 0.733 bits per heavy atom. The van der Waals surface area contributed by atoms with Crippen molar-refractivity contribution in [3.05, 3.63) is 29.6 Å². The van der Waals surface area contributed by atoms with Crippen LogP contribution in [0.15, 0.2) is 18.2 Å². The second-order valence-electron chi connectivity index (χ2n) is 14.4. The minimum absolute atomic E-state index is 0. The third-order valence-corrected chi connectivity index (χ3v) is 9.94. The Bertz CT molecular complexity index is 620. The van der Waals surface area contributed by atoms with Crippen LogP contribution >= 0.6 is 12.4 Å². The van der Waals surface area contributed by atoms with E-state index >= 15 is 0 Å². The summed E-state index contributed by atoms with van der Waals surface area (Å²) in [5.74, 6) is 0. The van der Waals surface area contributed by atoms with Crippen molar-refractivity contribution in [2.45, 2.75) is 245 Å². The van der Waals surface area contributed by atoms with Crippen molar-refractivity contribution in [2.24, 2.45) is 0 Å². The van der Waals surface area contributed by atoms with Crippen LogP contribution in [-0.2, 0) is 12.8 Å². The number of unbranched alkanes of at least 4 members (excludes halogenated alkanes) is 32. The first-order valence-corrected chi connectivity index (χ1v) is 20.8. The first-order valence-electron chi connectivity index (χ1n) is 20.8. The normalized spacial score (nSPS) is 11.2. The van der Waals surface area contributed by atoms with E-state index in [2.05, 4.69) is 32.0 Å². The van der Waals surface area contributed by atoms with Gasteiger partial charge in [0.2, 0.25) is 0 Å². The van der Waals surface area contributed by atoms with Gasteiger partial charge in [-0.3, -0.25) is 4.98 Å². The Hall–Kier alpha value is -0.560. The number of hydrogen-bond donors (Lipinski definition) is 0. The molecular formula is C43H82ClN. The zero-order valence-electron chi connectivity index (χ0n) is 31.0. The molecule has 1 aromatic rings. The number of nitrogens with zero attached hydrogens (tertiary/aromatic N) is 1. The summed E-state index contributed by atoms with van der Waals surface area (Å²) in [5, 5.41) is 0. The molecule has 266 valence electrons. The summed E-state index contributed by atoms with van der Waals surface area (Å²) in [6.07, 6.45) is 51.3. The highest BCUT2D eigenvalue weighted by Gasteiger charge is 2.01. The lowest BCUT2D eigenvalue weighted by molar-refractivity contribution is 0.526. The largest absolute Gasteiger partial charge is 0.258 e. The summed E-state index contributed by atoms with van der Waals surface area (Å²) in [6, 6.07) is 6.76. The number of pyridine rings is 1. The lowest BCUT2D eigenvalue weighted by Crippen LogP contribution is -1.96. The van der Waals surface area contributed by atoms with Gasteiger partial charge in [0.1, 0.15) is 0 Å². The van der Waals surface area contributed by atoms with Crippen LogP contribution in [0, 0.1) is 0 Å². The second kappa shape index (κ2) is 37.9. The van der Waals surface area contributed by atoms with Gasteiger partial charge in [0.05, 0.1) is 0 Å². The van der Waals surface area contributed by atoms with Gasteiger partial charge in [0.15, 0.2) is 0 Å². The molecule has 0 aliphatic carbocycles. The van der Waals surface area contributed by atoms with Crippen LogP contribution in [0.2, 0.25) is 0 Å². The third-order valence-electron chi connectivity index (χ3n) is 9.94. The summed E-state index contributed by atoms with van der Waals surface area (Å²) in [5.41, 5.74) is 2.66. The highest BCUT2D eigenvalue weighted by Crippen LogP contribution is 2.17. The van der Waals surface area contributed by atoms with Crippen molar-refractivity contribution in [1.82, 2.24) is 4.98 Å². The molecule has 0 fully saturated rings. The molecule has 0 atom stereocenters. The van der Waals surface area contributed by atoms with Crippen molar-refractivity contribution in [3.8, 4) is 0 Å². The molecule has 0 bridgehead atoms. The average molecular weight is 649 g/mol. The molecule has 0 N–H and O–H groups in total. The lowest BCUT2D eigenvalue weighted by Gasteiger charge is -2.06. The molecule has 0 spiro atoms. The number of aryl methyl sites for hydroxylation is 2. The van der Waals surface area contributed by atoms with Crippen molar-refractivity contribution in [1.29, 1.82) is 0 Å². The zero-order valence-corrected chi connectivity index (χ0v) is 31.9. The highest BCUT2D eigenvalue weighted by atomic mass is 35.5. The molecule has 45 heavy (non-hydrogen) atoms. The van der Waals surface area contributed by atoms with E-state index in [0.29, 0.717) is 0 Å². The molecule has 1 rings (SSSR count). The fourth-order valence-electron chi connectivity index (χ4n) is 6.87. The summed E-state index contributed by atoms with van der Waals surface area (Å²) in [7, 11) is 0. The third kappa shape index (κ3) is 33.1. The molecule has 1 heterocycles. The van der Waals surface area contributed by atoms with Gasteiger partial charge in [-0.2, -0.15) is 0 Å². The summed E-state index contributed by atoms with van der Waals surface area (Å²) < 4.78 is 0. The smallest absolute Gasteiger partial charge is 0.0406 e. The van der Waals surface area contributed by atoms with Gasteiger partial charge in [-0.15, -0.1) is 12.4 Å². The van der Waals surface area contributed by atoms with Gasteiger partial charge in [-0.05, 0) is 37.8 Å². The van der Waals surface area contributed by atoms with Crippen molar-refractivity contribution in [2.75, 3.05) is 0 Å². The first kappa shape index (κ1) is 44.4. The van der Waals surface area contributed by atoms with E-state index in [9.17, 15) is 0 Å². The molecule has 0 saturated heterocycles. The molecule has 0 amide bonds. The van der Waals surface area contributed by atoms with Gasteiger partial charge in [-0.25, -0.2) is 0 Å². The van der Waals surface area contributed by atoms with E-state index in [0.717, 1.165) is 0 Å². The van der Waals surface area contributed by atoms with Crippen molar-refractivity contribution in [3.63, 3.8) is 0 Å². The average Bonchev–Trinajstić information content (AvgIpc) is 3.04. The molecule has 0 unspecified atom stereocenters. The molecule has 0 aliphatic heterocycles. The maximum atomic E-state index is 4.99. The Morgan fingerprint density at radius 2 is 0.511 bits per heavy atom. The van der Waals surface area contributed by atoms with Gasteiger partial charge >= 0.3 is 0 Å². The van der Waals surface area contributed by atoms with E-state index in [1.165, 1.54) is 243 Å². The minimum atomic E-state index is 0. The van der Waals surface area contributed by atoms with Gasteiger partial charge < -0.3 is 0 Å². The topological polar surface area (TPSA) is 12.9 Å². The minimum Gasteiger partial charge on any atom is -0.258 e. The first-order chi connectivity index (χ1) is 21.9. The van der Waals surface area contributed by atoms with E-state index in [1.54, 1.807) is 0 Å². The fraction of sp³-hybridized carbons (Fsp3) is 0.884. The molecule has 0 radical (unpaired) electrons. The van der Waals surface area contributed by atoms with Crippen LogP contribution in [0.1, 0.15) is 244 Å². The quantitative estimate of drug-likeness (QED) is 0.0660. The van der Waals surface area contributed by atoms with Crippen LogP contribution in [0.4, 0.5) is 0 Å². The van der Waals surface area contributed by atoms with E-state index in [4.69, 9.17) is 4.98 Å². The lowest BCUT2D eigenvalue weighted by atomic mass is 10.0. The van der Waals surface area contributed by atoms with Gasteiger partial charge in [0.25, 0.3) is 0 Å². The van der Waals surface area contributed by atoms with E-state index < -0.39 is 0 Å². The number of hydrogen-bond acceptors (Lipinski definition) is 1. The van der Waals surface area contributed by atoms with Crippen LogP contribution in [-0.4, -0.2) is 4.98 Å².